The summed E-state index contributed by atoms with van der Waals surface area (Å²) in [5.41, 5.74) is 2.19. The van der Waals surface area contributed by atoms with E-state index in [2.05, 4.69) is 10.3 Å². The molecular weight excluding hydrogens is 188 g/mol. The SMILES string of the molecule is O=C1C=C(NCc2cccnc2)CCC1. The van der Waals surface area contributed by atoms with Crippen molar-refractivity contribution in [2.45, 2.75) is 25.8 Å². The van der Waals surface area contributed by atoms with Gasteiger partial charge in [0.15, 0.2) is 5.78 Å². The number of pyridine rings is 1. The van der Waals surface area contributed by atoms with Gasteiger partial charge in [-0.15, -0.1) is 0 Å². The Labute approximate surface area is 89.2 Å². The molecule has 1 aliphatic carbocycles. The molecule has 1 aromatic rings. The zero-order valence-electron chi connectivity index (χ0n) is 8.57. The summed E-state index contributed by atoms with van der Waals surface area (Å²) in [6.07, 6.45) is 7.94. The molecule has 0 bridgehead atoms. The van der Waals surface area contributed by atoms with Gasteiger partial charge in [0, 0.05) is 37.1 Å². The molecule has 0 saturated heterocycles. The van der Waals surface area contributed by atoms with Crippen molar-refractivity contribution in [1.82, 2.24) is 10.3 Å². The molecule has 78 valence electrons. The zero-order chi connectivity index (χ0) is 10.5. The third-order valence-electron chi connectivity index (χ3n) is 2.45. The molecule has 0 aromatic carbocycles. The van der Waals surface area contributed by atoms with Crippen LogP contribution in [0.1, 0.15) is 24.8 Å². The fourth-order valence-electron chi connectivity index (χ4n) is 1.65. The Morgan fingerprint density at radius 1 is 1.40 bits per heavy atom. The summed E-state index contributed by atoms with van der Waals surface area (Å²) < 4.78 is 0. The van der Waals surface area contributed by atoms with Crippen LogP contribution in [0.2, 0.25) is 0 Å². The summed E-state index contributed by atoms with van der Waals surface area (Å²) in [7, 11) is 0. The highest BCUT2D eigenvalue weighted by molar-refractivity contribution is 5.91. The lowest BCUT2D eigenvalue weighted by molar-refractivity contribution is -0.115. The standard InChI is InChI=1S/C12H14N2O/c15-12-5-1-4-11(7-12)14-9-10-3-2-6-13-8-10/h2-3,6-8,14H,1,4-5,9H2. The second kappa shape index (κ2) is 4.73. The normalized spacial score (nSPS) is 16.0. The van der Waals surface area contributed by atoms with Gasteiger partial charge in [-0.2, -0.15) is 0 Å². The van der Waals surface area contributed by atoms with Gasteiger partial charge >= 0.3 is 0 Å². The van der Waals surface area contributed by atoms with Crippen LogP contribution >= 0.6 is 0 Å². The molecule has 1 N–H and O–H groups in total. The number of hydrogen-bond donors (Lipinski definition) is 1. The molecular formula is C12H14N2O. The van der Waals surface area contributed by atoms with E-state index in [0.29, 0.717) is 6.42 Å². The predicted octanol–water partition coefficient (Wildman–Crippen LogP) is 1.81. The maximum Gasteiger partial charge on any atom is 0.157 e. The van der Waals surface area contributed by atoms with Crippen LogP contribution in [0.4, 0.5) is 0 Å². The fraction of sp³-hybridized carbons (Fsp3) is 0.333. The smallest absolute Gasteiger partial charge is 0.157 e. The number of nitrogens with zero attached hydrogens (tertiary/aromatic N) is 1. The van der Waals surface area contributed by atoms with Crippen molar-refractivity contribution in [2.75, 3.05) is 0 Å². The summed E-state index contributed by atoms with van der Waals surface area (Å²) in [6, 6.07) is 3.93. The third-order valence-corrected chi connectivity index (χ3v) is 2.45. The first-order chi connectivity index (χ1) is 7.34. The Bertz CT molecular complexity index is 370. The second-order valence-electron chi connectivity index (χ2n) is 3.70. The number of allylic oxidation sites excluding steroid dienone is 2. The van der Waals surface area contributed by atoms with Crippen LogP contribution in [0, 0.1) is 0 Å². The summed E-state index contributed by atoms with van der Waals surface area (Å²) >= 11 is 0. The Kier molecular flexibility index (Phi) is 3.12. The average molecular weight is 202 g/mol. The number of carbonyl (C=O) groups excluding carboxylic acids is 1. The van der Waals surface area contributed by atoms with Crippen LogP contribution in [0.3, 0.4) is 0 Å². The number of ketones is 1. The Morgan fingerprint density at radius 2 is 2.33 bits per heavy atom. The molecule has 2 rings (SSSR count). The molecule has 1 aliphatic rings. The van der Waals surface area contributed by atoms with Gasteiger partial charge < -0.3 is 5.32 Å². The van der Waals surface area contributed by atoms with E-state index in [1.807, 2.05) is 18.3 Å². The first-order valence-electron chi connectivity index (χ1n) is 5.21. The molecule has 15 heavy (non-hydrogen) atoms. The van der Waals surface area contributed by atoms with E-state index in [4.69, 9.17) is 0 Å². The monoisotopic (exact) mass is 202 g/mol. The maximum absolute atomic E-state index is 11.2. The molecule has 3 nitrogen and oxygen atoms in total. The van der Waals surface area contributed by atoms with Crippen LogP contribution in [0.5, 0.6) is 0 Å². The van der Waals surface area contributed by atoms with Gasteiger partial charge in [-0.25, -0.2) is 0 Å². The minimum atomic E-state index is 0.231. The van der Waals surface area contributed by atoms with E-state index < -0.39 is 0 Å². The molecule has 0 spiro atoms. The highest BCUT2D eigenvalue weighted by Crippen LogP contribution is 2.12. The van der Waals surface area contributed by atoms with Gasteiger partial charge in [0.05, 0.1) is 0 Å². The molecule has 1 aromatic heterocycles. The minimum Gasteiger partial charge on any atom is -0.384 e. The highest BCUT2D eigenvalue weighted by atomic mass is 16.1. The summed E-state index contributed by atoms with van der Waals surface area (Å²) in [5.74, 6) is 0.231. The van der Waals surface area contributed by atoms with Crippen molar-refractivity contribution in [3.05, 3.63) is 41.9 Å². The van der Waals surface area contributed by atoms with E-state index in [0.717, 1.165) is 30.6 Å². The zero-order valence-corrected chi connectivity index (χ0v) is 8.57. The molecule has 3 heteroatoms. The maximum atomic E-state index is 11.2. The number of carbonyl (C=O) groups is 1. The van der Waals surface area contributed by atoms with E-state index in [9.17, 15) is 4.79 Å². The number of nitrogens with one attached hydrogen (secondary N) is 1. The second-order valence-corrected chi connectivity index (χ2v) is 3.70. The lowest BCUT2D eigenvalue weighted by atomic mass is 10.0. The molecule has 0 amide bonds. The van der Waals surface area contributed by atoms with Crippen LogP contribution in [0.25, 0.3) is 0 Å². The predicted molar refractivity (Wildman–Crippen MR) is 58.0 cm³/mol. The Hall–Kier alpha value is -1.64. The molecule has 0 unspecified atom stereocenters. The van der Waals surface area contributed by atoms with Crippen LogP contribution in [-0.4, -0.2) is 10.8 Å². The minimum absolute atomic E-state index is 0.231. The fourth-order valence-corrected chi connectivity index (χ4v) is 1.65. The van der Waals surface area contributed by atoms with Gasteiger partial charge in [0.25, 0.3) is 0 Å². The summed E-state index contributed by atoms with van der Waals surface area (Å²) in [4.78, 5) is 15.2. The number of rotatable bonds is 3. The topological polar surface area (TPSA) is 42.0 Å². The van der Waals surface area contributed by atoms with Crippen LogP contribution in [-0.2, 0) is 11.3 Å². The number of aromatic nitrogens is 1. The first-order valence-corrected chi connectivity index (χ1v) is 5.21. The van der Waals surface area contributed by atoms with Crippen molar-refractivity contribution in [1.29, 1.82) is 0 Å². The van der Waals surface area contributed by atoms with E-state index in [1.165, 1.54) is 0 Å². The van der Waals surface area contributed by atoms with Crippen molar-refractivity contribution < 1.29 is 4.79 Å². The van der Waals surface area contributed by atoms with Gasteiger partial charge in [-0.3, -0.25) is 9.78 Å². The Morgan fingerprint density at radius 3 is 3.07 bits per heavy atom. The van der Waals surface area contributed by atoms with Gasteiger partial charge in [-0.05, 0) is 24.5 Å². The molecule has 0 aliphatic heterocycles. The van der Waals surface area contributed by atoms with E-state index in [1.54, 1.807) is 12.3 Å². The van der Waals surface area contributed by atoms with Gasteiger partial charge in [-0.1, -0.05) is 6.07 Å². The van der Waals surface area contributed by atoms with Crippen molar-refractivity contribution in [2.24, 2.45) is 0 Å². The molecule has 0 fully saturated rings. The lowest BCUT2D eigenvalue weighted by Gasteiger charge is -2.14. The highest BCUT2D eigenvalue weighted by Gasteiger charge is 2.08. The van der Waals surface area contributed by atoms with Gasteiger partial charge in [0.2, 0.25) is 0 Å². The lowest BCUT2D eigenvalue weighted by Crippen LogP contribution is -2.17. The summed E-state index contributed by atoms with van der Waals surface area (Å²) in [6.45, 7) is 0.743. The van der Waals surface area contributed by atoms with E-state index in [-0.39, 0.29) is 5.78 Å². The van der Waals surface area contributed by atoms with Crippen molar-refractivity contribution >= 4 is 5.78 Å². The molecule has 0 saturated carbocycles. The number of hydrogen-bond acceptors (Lipinski definition) is 3. The molecule has 0 atom stereocenters. The van der Waals surface area contributed by atoms with Gasteiger partial charge in [0.1, 0.15) is 0 Å². The van der Waals surface area contributed by atoms with Crippen molar-refractivity contribution in [3.63, 3.8) is 0 Å². The average Bonchev–Trinajstić information content (AvgIpc) is 2.28. The van der Waals surface area contributed by atoms with Crippen LogP contribution < -0.4 is 5.32 Å². The van der Waals surface area contributed by atoms with E-state index >= 15 is 0 Å². The third kappa shape index (κ3) is 2.91. The largest absolute Gasteiger partial charge is 0.384 e. The van der Waals surface area contributed by atoms with Crippen LogP contribution in [0.15, 0.2) is 36.3 Å². The first kappa shape index (κ1) is 9.90. The Balaban J connectivity index is 1.91. The quantitative estimate of drug-likeness (QED) is 0.812. The van der Waals surface area contributed by atoms with Crippen molar-refractivity contribution in [3.8, 4) is 0 Å². The molecule has 0 radical (unpaired) electrons. The molecule has 1 heterocycles. The summed E-state index contributed by atoms with van der Waals surface area (Å²) in [5, 5.41) is 3.27.